The van der Waals surface area contributed by atoms with Gasteiger partial charge in [-0.15, -0.1) is 5.10 Å². The maximum absolute atomic E-state index is 12.6. The number of carbonyl (C=O) groups excluding carboxylic acids is 2. The molecule has 28 heavy (non-hydrogen) atoms. The predicted molar refractivity (Wildman–Crippen MR) is 107 cm³/mol. The molecule has 7 nitrogen and oxygen atoms in total. The second-order valence-corrected chi connectivity index (χ2v) is 6.12. The molecule has 2 amide bonds. The zero-order valence-electron chi connectivity index (χ0n) is 16.0. The van der Waals surface area contributed by atoms with Crippen LogP contribution < -0.4 is 5.32 Å². The number of likely N-dealkylation sites (N-methyl/N-ethyl adjacent to an activating group) is 1. The Morgan fingerprint density at radius 2 is 1.57 bits per heavy atom. The summed E-state index contributed by atoms with van der Waals surface area (Å²) in [6.45, 7) is 4.92. The third kappa shape index (κ3) is 4.25. The van der Waals surface area contributed by atoms with Gasteiger partial charge in [0, 0.05) is 18.7 Å². The molecule has 0 bridgehead atoms. The van der Waals surface area contributed by atoms with Gasteiger partial charge in [0.1, 0.15) is 0 Å². The minimum atomic E-state index is -0.479. The number of aromatic nitrogens is 3. The molecule has 144 valence electrons. The fraction of sp³-hybridized carbons (Fsp3) is 0.238. The molecule has 0 aliphatic heterocycles. The largest absolute Gasteiger partial charge is 0.342 e. The van der Waals surface area contributed by atoms with Crippen LogP contribution >= 0.6 is 0 Å². The van der Waals surface area contributed by atoms with E-state index in [4.69, 9.17) is 0 Å². The van der Waals surface area contributed by atoms with Crippen LogP contribution in [0.3, 0.4) is 0 Å². The fourth-order valence-corrected chi connectivity index (χ4v) is 2.85. The van der Waals surface area contributed by atoms with Crippen molar-refractivity contribution in [3.8, 4) is 17.1 Å². The van der Waals surface area contributed by atoms with Gasteiger partial charge in [-0.1, -0.05) is 48.5 Å². The highest BCUT2D eigenvalue weighted by atomic mass is 16.2. The van der Waals surface area contributed by atoms with Crippen LogP contribution in [0.25, 0.3) is 17.1 Å². The van der Waals surface area contributed by atoms with E-state index in [1.54, 1.807) is 9.58 Å². The van der Waals surface area contributed by atoms with E-state index in [0.29, 0.717) is 18.9 Å². The molecule has 0 aliphatic carbocycles. The van der Waals surface area contributed by atoms with E-state index >= 15 is 0 Å². The number of para-hydroxylation sites is 1. The SMILES string of the molecule is CCN(CC)C(=O)CNC(=O)c1nc(-c2ccccc2)n(-c2ccccc2)n1. The Bertz CT molecular complexity index is 877. The zero-order valence-corrected chi connectivity index (χ0v) is 16.0. The highest BCUT2D eigenvalue weighted by Crippen LogP contribution is 2.20. The van der Waals surface area contributed by atoms with E-state index in [9.17, 15) is 9.59 Å². The topological polar surface area (TPSA) is 80.1 Å². The lowest BCUT2D eigenvalue weighted by atomic mass is 10.2. The maximum Gasteiger partial charge on any atom is 0.291 e. The first-order valence-electron chi connectivity index (χ1n) is 9.28. The highest BCUT2D eigenvalue weighted by molar-refractivity contribution is 5.93. The summed E-state index contributed by atoms with van der Waals surface area (Å²) < 4.78 is 1.64. The molecule has 0 saturated heterocycles. The van der Waals surface area contributed by atoms with Crippen molar-refractivity contribution >= 4 is 11.8 Å². The van der Waals surface area contributed by atoms with Crippen molar-refractivity contribution in [3.63, 3.8) is 0 Å². The first-order chi connectivity index (χ1) is 13.6. The summed E-state index contributed by atoms with van der Waals surface area (Å²) in [5.41, 5.74) is 1.64. The van der Waals surface area contributed by atoms with Gasteiger partial charge < -0.3 is 10.2 Å². The van der Waals surface area contributed by atoms with E-state index in [0.717, 1.165) is 11.3 Å². The Morgan fingerprint density at radius 1 is 0.964 bits per heavy atom. The van der Waals surface area contributed by atoms with Gasteiger partial charge >= 0.3 is 0 Å². The van der Waals surface area contributed by atoms with Crippen LogP contribution in [0, 0.1) is 0 Å². The summed E-state index contributed by atoms with van der Waals surface area (Å²) in [5.74, 6) is -0.0291. The summed E-state index contributed by atoms with van der Waals surface area (Å²) in [6, 6.07) is 19.0. The van der Waals surface area contributed by atoms with Crippen molar-refractivity contribution < 1.29 is 9.59 Å². The predicted octanol–water partition coefficient (Wildman–Crippen LogP) is 2.53. The molecule has 0 radical (unpaired) electrons. The van der Waals surface area contributed by atoms with Gasteiger partial charge in [-0.25, -0.2) is 9.67 Å². The van der Waals surface area contributed by atoms with Crippen molar-refractivity contribution in [1.82, 2.24) is 25.0 Å². The first-order valence-corrected chi connectivity index (χ1v) is 9.28. The molecule has 0 unspecified atom stereocenters. The number of rotatable bonds is 7. The third-order valence-electron chi connectivity index (χ3n) is 4.36. The zero-order chi connectivity index (χ0) is 19.9. The molecule has 1 aromatic heterocycles. The molecule has 0 saturated carbocycles. The molecule has 0 aliphatic rings. The number of hydrogen-bond donors (Lipinski definition) is 1. The highest BCUT2D eigenvalue weighted by Gasteiger charge is 2.20. The van der Waals surface area contributed by atoms with Gasteiger partial charge in [-0.3, -0.25) is 9.59 Å². The Labute approximate surface area is 164 Å². The minimum Gasteiger partial charge on any atom is -0.342 e. The average molecular weight is 377 g/mol. The number of carbonyl (C=O) groups is 2. The molecular formula is C21H23N5O2. The lowest BCUT2D eigenvalue weighted by Gasteiger charge is -2.18. The smallest absolute Gasteiger partial charge is 0.291 e. The number of nitrogens with zero attached hydrogens (tertiary/aromatic N) is 4. The Balaban J connectivity index is 1.87. The summed E-state index contributed by atoms with van der Waals surface area (Å²) in [6.07, 6.45) is 0. The molecule has 3 rings (SSSR count). The van der Waals surface area contributed by atoms with Crippen molar-refractivity contribution in [1.29, 1.82) is 0 Å². The normalized spacial score (nSPS) is 10.5. The number of nitrogens with one attached hydrogen (secondary N) is 1. The molecule has 0 atom stereocenters. The Kier molecular flexibility index (Phi) is 6.16. The average Bonchev–Trinajstić information content (AvgIpc) is 3.20. The van der Waals surface area contributed by atoms with Crippen LogP contribution in [-0.4, -0.2) is 51.1 Å². The van der Waals surface area contributed by atoms with Gasteiger partial charge in [0.15, 0.2) is 5.82 Å². The van der Waals surface area contributed by atoms with Crippen LogP contribution in [0.4, 0.5) is 0 Å². The van der Waals surface area contributed by atoms with Gasteiger partial charge in [-0.2, -0.15) is 0 Å². The second-order valence-electron chi connectivity index (χ2n) is 6.12. The summed E-state index contributed by atoms with van der Waals surface area (Å²) in [5, 5.41) is 7.01. The lowest BCUT2D eigenvalue weighted by molar-refractivity contribution is -0.129. The third-order valence-corrected chi connectivity index (χ3v) is 4.36. The second kappa shape index (κ2) is 8.94. The maximum atomic E-state index is 12.6. The van der Waals surface area contributed by atoms with Gasteiger partial charge in [0.05, 0.1) is 12.2 Å². The standard InChI is InChI=1S/C21H23N5O2/c1-3-25(4-2)18(27)15-22-21(28)19-23-20(16-11-7-5-8-12-16)26(24-19)17-13-9-6-10-14-17/h5-14H,3-4,15H2,1-2H3,(H,22,28). The van der Waals surface area contributed by atoms with Crippen molar-refractivity contribution in [2.75, 3.05) is 19.6 Å². The number of amides is 2. The molecule has 3 aromatic rings. The quantitative estimate of drug-likeness (QED) is 0.686. The van der Waals surface area contributed by atoms with Gasteiger partial charge in [0.25, 0.3) is 5.91 Å². The van der Waals surface area contributed by atoms with Crippen molar-refractivity contribution in [2.24, 2.45) is 0 Å². The van der Waals surface area contributed by atoms with Crippen LogP contribution in [0.5, 0.6) is 0 Å². The summed E-state index contributed by atoms with van der Waals surface area (Å²) in [7, 11) is 0. The molecular weight excluding hydrogens is 354 g/mol. The molecule has 1 heterocycles. The van der Waals surface area contributed by atoms with E-state index in [1.807, 2.05) is 74.5 Å². The first kappa shape index (κ1) is 19.3. The summed E-state index contributed by atoms with van der Waals surface area (Å²) >= 11 is 0. The Hall–Kier alpha value is -3.48. The van der Waals surface area contributed by atoms with Crippen LogP contribution in [0.1, 0.15) is 24.5 Å². The monoisotopic (exact) mass is 377 g/mol. The van der Waals surface area contributed by atoms with Crippen LogP contribution in [0.15, 0.2) is 60.7 Å². The van der Waals surface area contributed by atoms with E-state index in [-0.39, 0.29) is 18.3 Å². The summed E-state index contributed by atoms with van der Waals surface area (Å²) in [4.78, 5) is 30.8. The molecule has 2 aromatic carbocycles. The van der Waals surface area contributed by atoms with E-state index < -0.39 is 5.91 Å². The van der Waals surface area contributed by atoms with Crippen molar-refractivity contribution in [2.45, 2.75) is 13.8 Å². The molecule has 1 N–H and O–H groups in total. The molecule has 0 fully saturated rings. The van der Waals surface area contributed by atoms with Crippen LogP contribution in [-0.2, 0) is 4.79 Å². The molecule has 7 heteroatoms. The van der Waals surface area contributed by atoms with Gasteiger partial charge in [0.2, 0.25) is 11.7 Å². The number of hydrogen-bond acceptors (Lipinski definition) is 4. The minimum absolute atomic E-state index is 0.0232. The van der Waals surface area contributed by atoms with Gasteiger partial charge in [-0.05, 0) is 26.0 Å². The Morgan fingerprint density at radius 3 is 2.18 bits per heavy atom. The van der Waals surface area contributed by atoms with E-state index in [1.165, 1.54) is 0 Å². The van der Waals surface area contributed by atoms with Crippen molar-refractivity contribution in [3.05, 3.63) is 66.5 Å². The van der Waals surface area contributed by atoms with E-state index in [2.05, 4.69) is 15.4 Å². The molecule has 0 spiro atoms. The lowest BCUT2D eigenvalue weighted by Crippen LogP contribution is -2.40. The van der Waals surface area contributed by atoms with Crippen LogP contribution in [0.2, 0.25) is 0 Å². The fourth-order valence-electron chi connectivity index (χ4n) is 2.85. The number of benzene rings is 2.